The molecule has 0 aromatic heterocycles. The molecule has 34 heavy (non-hydrogen) atoms. The zero-order chi connectivity index (χ0) is 24.5. The molecule has 1 amide bonds. The predicted octanol–water partition coefficient (Wildman–Crippen LogP) is 7.83. The lowest BCUT2D eigenvalue weighted by molar-refractivity contribution is -0.120. The Bertz CT molecular complexity index is 828. The Kier molecular flexibility index (Phi) is 18.5. The number of ether oxygens (including phenoxy) is 1. The Balaban J connectivity index is 1.99. The molecule has 0 atom stereocenters. The second kappa shape index (κ2) is 21.8. The molecule has 0 bridgehead atoms. The maximum absolute atomic E-state index is 11.9. The number of rotatable bonds is 18. The zero-order valence-corrected chi connectivity index (χ0v) is 21.1. The predicted molar refractivity (Wildman–Crippen MR) is 147 cm³/mol. The summed E-state index contributed by atoms with van der Waals surface area (Å²) in [6.45, 7) is 2.80. The lowest BCUT2D eigenvalue weighted by Crippen LogP contribution is -2.25. The summed E-state index contributed by atoms with van der Waals surface area (Å²) in [6, 6.07) is 7.95. The lowest BCUT2D eigenvalue weighted by Gasteiger charge is -2.06. The van der Waals surface area contributed by atoms with E-state index in [-0.39, 0.29) is 5.91 Å². The second-order valence-electron chi connectivity index (χ2n) is 7.91. The summed E-state index contributed by atoms with van der Waals surface area (Å²) in [4.78, 5) is 11.9. The third-order valence-corrected chi connectivity index (χ3v) is 5.00. The van der Waals surface area contributed by atoms with Crippen molar-refractivity contribution in [3.8, 4) is 5.75 Å². The first-order valence-electron chi connectivity index (χ1n) is 12.6. The van der Waals surface area contributed by atoms with Crippen LogP contribution < -0.4 is 10.1 Å². The molecule has 184 valence electrons. The highest BCUT2D eigenvalue weighted by atomic mass is 16.5. The first-order valence-corrected chi connectivity index (χ1v) is 12.6. The van der Waals surface area contributed by atoms with E-state index in [9.17, 15) is 4.79 Å². The standard InChI is InChI=1S/C31H43NO2/c1-3-4-5-6-7-8-9-10-11-12-13-14-15-16-17-18-19-20-21-25-31(33)32-27-26-29-23-22-24-30(28-29)34-2/h4-5,7-8,10-11,13-14,16-17,19-20,22-24,28H,3,6,9,12,15,18,21,25-27H2,1-2H3,(H,32,33). The molecular formula is C31H43NO2. The van der Waals surface area contributed by atoms with E-state index in [0.717, 1.165) is 62.7 Å². The van der Waals surface area contributed by atoms with E-state index in [0.29, 0.717) is 13.0 Å². The molecule has 0 aliphatic heterocycles. The number of amides is 1. The van der Waals surface area contributed by atoms with Crippen LogP contribution in [0.25, 0.3) is 0 Å². The molecule has 0 aliphatic carbocycles. The van der Waals surface area contributed by atoms with E-state index in [1.807, 2.05) is 24.3 Å². The molecule has 1 N–H and O–H groups in total. The summed E-state index contributed by atoms with van der Waals surface area (Å²) in [6.07, 6.45) is 34.3. The lowest BCUT2D eigenvalue weighted by atomic mass is 10.1. The Hall–Kier alpha value is -3.07. The van der Waals surface area contributed by atoms with Crippen molar-refractivity contribution in [3.05, 3.63) is 103 Å². The highest BCUT2D eigenvalue weighted by Crippen LogP contribution is 2.12. The number of hydrogen-bond donors (Lipinski definition) is 1. The van der Waals surface area contributed by atoms with Gasteiger partial charge in [0.2, 0.25) is 5.91 Å². The SMILES string of the molecule is CCC=CCC=CCC=CCC=CCC=CCC=CCCC(=O)NCCc1cccc(OC)c1. The van der Waals surface area contributed by atoms with E-state index in [1.165, 1.54) is 0 Å². The highest BCUT2D eigenvalue weighted by molar-refractivity contribution is 5.75. The largest absolute Gasteiger partial charge is 0.497 e. The molecule has 3 nitrogen and oxygen atoms in total. The first kappa shape index (κ1) is 29.0. The van der Waals surface area contributed by atoms with Gasteiger partial charge in [-0.2, -0.15) is 0 Å². The van der Waals surface area contributed by atoms with Crippen LogP contribution in [0.2, 0.25) is 0 Å². The Morgan fingerprint density at radius 3 is 1.85 bits per heavy atom. The van der Waals surface area contributed by atoms with Crippen LogP contribution in [0.15, 0.2) is 97.2 Å². The zero-order valence-electron chi connectivity index (χ0n) is 21.1. The number of hydrogen-bond acceptors (Lipinski definition) is 2. The molecule has 1 rings (SSSR count). The van der Waals surface area contributed by atoms with Crippen molar-refractivity contribution in [1.82, 2.24) is 5.32 Å². The monoisotopic (exact) mass is 461 g/mol. The minimum absolute atomic E-state index is 0.0995. The van der Waals surface area contributed by atoms with Crippen molar-refractivity contribution in [2.45, 2.75) is 64.7 Å². The van der Waals surface area contributed by atoms with E-state index >= 15 is 0 Å². The molecule has 0 aliphatic rings. The van der Waals surface area contributed by atoms with Gasteiger partial charge in [0, 0.05) is 13.0 Å². The van der Waals surface area contributed by atoms with Crippen LogP contribution in [0, 0.1) is 0 Å². The molecule has 0 unspecified atom stereocenters. The normalized spacial score (nSPS) is 12.4. The summed E-state index contributed by atoms with van der Waals surface area (Å²) >= 11 is 0. The van der Waals surface area contributed by atoms with Gasteiger partial charge in [-0.05, 0) is 69.1 Å². The van der Waals surface area contributed by atoms with Gasteiger partial charge in [0.1, 0.15) is 5.75 Å². The van der Waals surface area contributed by atoms with Gasteiger partial charge in [-0.1, -0.05) is 92.0 Å². The third kappa shape index (κ3) is 17.5. The number of carbonyl (C=O) groups is 1. The van der Waals surface area contributed by atoms with Crippen LogP contribution in [-0.2, 0) is 11.2 Å². The number of nitrogens with one attached hydrogen (secondary N) is 1. The van der Waals surface area contributed by atoms with Gasteiger partial charge >= 0.3 is 0 Å². The average molecular weight is 462 g/mol. The molecule has 0 saturated heterocycles. The minimum atomic E-state index is 0.0995. The molecule has 1 aromatic carbocycles. The number of methoxy groups -OCH3 is 1. The van der Waals surface area contributed by atoms with Crippen LogP contribution in [-0.4, -0.2) is 19.6 Å². The van der Waals surface area contributed by atoms with E-state index in [1.54, 1.807) is 7.11 Å². The molecule has 0 heterocycles. The van der Waals surface area contributed by atoms with Gasteiger partial charge in [0.25, 0.3) is 0 Å². The van der Waals surface area contributed by atoms with Gasteiger partial charge < -0.3 is 10.1 Å². The second-order valence-corrected chi connectivity index (χ2v) is 7.91. The Labute approximate surface area is 207 Å². The van der Waals surface area contributed by atoms with Crippen molar-refractivity contribution in [1.29, 1.82) is 0 Å². The Morgan fingerprint density at radius 1 is 0.794 bits per heavy atom. The smallest absolute Gasteiger partial charge is 0.220 e. The molecular weight excluding hydrogens is 418 g/mol. The average Bonchev–Trinajstić information content (AvgIpc) is 2.85. The van der Waals surface area contributed by atoms with E-state index in [2.05, 4.69) is 85.2 Å². The fourth-order valence-corrected chi connectivity index (χ4v) is 3.12. The van der Waals surface area contributed by atoms with Crippen LogP contribution in [0.4, 0.5) is 0 Å². The molecule has 0 saturated carbocycles. The third-order valence-electron chi connectivity index (χ3n) is 5.00. The van der Waals surface area contributed by atoms with Crippen molar-refractivity contribution < 1.29 is 9.53 Å². The van der Waals surface area contributed by atoms with Gasteiger partial charge in [-0.15, -0.1) is 0 Å². The number of allylic oxidation sites excluding steroid dienone is 12. The molecule has 0 fully saturated rings. The minimum Gasteiger partial charge on any atom is -0.497 e. The first-order chi connectivity index (χ1) is 16.8. The maximum atomic E-state index is 11.9. The van der Waals surface area contributed by atoms with Crippen LogP contribution >= 0.6 is 0 Å². The van der Waals surface area contributed by atoms with E-state index < -0.39 is 0 Å². The maximum Gasteiger partial charge on any atom is 0.220 e. The topological polar surface area (TPSA) is 38.3 Å². The van der Waals surface area contributed by atoms with Gasteiger partial charge in [-0.25, -0.2) is 0 Å². The van der Waals surface area contributed by atoms with E-state index in [4.69, 9.17) is 4.74 Å². The fraction of sp³-hybridized carbons (Fsp3) is 0.387. The van der Waals surface area contributed by atoms with Crippen LogP contribution in [0.3, 0.4) is 0 Å². The molecule has 0 radical (unpaired) electrons. The summed E-state index contributed by atoms with van der Waals surface area (Å²) in [7, 11) is 1.66. The molecule has 3 heteroatoms. The van der Waals surface area contributed by atoms with Gasteiger partial charge in [0.05, 0.1) is 7.11 Å². The van der Waals surface area contributed by atoms with Crippen LogP contribution in [0.5, 0.6) is 5.75 Å². The molecule has 0 spiro atoms. The fourth-order valence-electron chi connectivity index (χ4n) is 3.12. The quantitative estimate of drug-likeness (QED) is 0.226. The van der Waals surface area contributed by atoms with Crippen molar-refractivity contribution in [2.24, 2.45) is 0 Å². The summed E-state index contributed by atoms with van der Waals surface area (Å²) in [5.41, 5.74) is 1.16. The van der Waals surface area contributed by atoms with Crippen molar-refractivity contribution >= 4 is 5.91 Å². The highest BCUT2D eigenvalue weighted by Gasteiger charge is 2.00. The Morgan fingerprint density at radius 2 is 1.32 bits per heavy atom. The van der Waals surface area contributed by atoms with Gasteiger partial charge in [0.15, 0.2) is 0 Å². The van der Waals surface area contributed by atoms with Crippen molar-refractivity contribution in [3.63, 3.8) is 0 Å². The van der Waals surface area contributed by atoms with Gasteiger partial charge in [-0.3, -0.25) is 4.79 Å². The number of benzene rings is 1. The van der Waals surface area contributed by atoms with Crippen molar-refractivity contribution in [2.75, 3.05) is 13.7 Å². The molecule has 1 aromatic rings. The van der Waals surface area contributed by atoms with Crippen LogP contribution in [0.1, 0.15) is 63.9 Å². The summed E-state index contributed by atoms with van der Waals surface area (Å²) in [5.74, 6) is 0.948. The summed E-state index contributed by atoms with van der Waals surface area (Å²) in [5, 5.41) is 2.98. The number of carbonyl (C=O) groups excluding carboxylic acids is 1. The summed E-state index contributed by atoms with van der Waals surface area (Å²) < 4.78 is 5.22.